The van der Waals surface area contributed by atoms with E-state index < -0.39 is 9.85 Å². The van der Waals surface area contributed by atoms with Gasteiger partial charge in [-0.3, -0.25) is 20.2 Å². The summed E-state index contributed by atoms with van der Waals surface area (Å²) in [5.41, 5.74) is 0.989. The molecule has 0 radical (unpaired) electrons. The van der Waals surface area contributed by atoms with Crippen LogP contribution in [0, 0.1) is 20.2 Å². The van der Waals surface area contributed by atoms with Gasteiger partial charge in [0.05, 0.1) is 15.9 Å². The molecular formula is C16H16N2O5. The number of nitrogens with zero attached hydrogens (tertiary/aromatic N) is 2. The van der Waals surface area contributed by atoms with Gasteiger partial charge in [0.15, 0.2) is 0 Å². The molecule has 2 aromatic carbocycles. The Labute approximate surface area is 132 Å². The Bertz CT molecular complexity index is 728. The fourth-order valence-corrected chi connectivity index (χ4v) is 2.39. The van der Waals surface area contributed by atoms with Gasteiger partial charge in [-0.15, -0.1) is 0 Å². The Balaban J connectivity index is 2.14. The van der Waals surface area contributed by atoms with Crippen molar-refractivity contribution in [1.82, 2.24) is 0 Å². The van der Waals surface area contributed by atoms with Crippen LogP contribution < -0.4 is 0 Å². The largest absolute Gasteiger partial charge is 0.508 e. The molecule has 1 N–H and O–H groups in total. The number of aryl methyl sites for hydroxylation is 1. The highest BCUT2D eigenvalue weighted by atomic mass is 16.6. The van der Waals surface area contributed by atoms with Crippen molar-refractivity contribution in [1.29, 1.82) is 0 Å². The highest BCUT2D eigenvalue weighted by Crippen LogP contribution is 2.29. The summed E-state index contributed by atoms with van der Waals surface area (Å²) in [6.07, 6.45) is 1.10. The van der Waals surface area contributed by atoms with Gasteiger partial charge in [-0.2, -0.15) is 0 Å². The van der Waals surface area contributed by atoms with Gasteiger partial charge < -0.3 is 5.11 Å². The molecule has 2 aromatic rings. The molecule has 0 bridgehead atoms. The zero-order valence-corrected chi connectivity index (χ0v) is 12.5. The van der Waals surface area contributed by atoms with Gasteiger partial charge in [0, 0.05) is 11.6 Å². The third-order valence-corrected chi connectivity index (χ3v) is 3.79. The van der Waals surface area contributed by atoms with Crippen molar-refractivity contribution >= 4 is 11.4 Å². The molecule has 1 atom stereocenters. The van der Waals surface area contributed by atoms with Crippen LogP contribution in [0.4, 0.5) is 11.4 Å². The number of rotatable bonds is 6. The van der Waals surface area contributed by atoms with Gasteiger partial charge in [0.2, 0.25) is 0 Å². The van der Waals surface area contributed by atoms with E-state index >= 15 is 0 Å². The number of hydrogen-bond donors (Lipinski definition) is 1. The van der Waals surface area contributed by atoms with Crippen molar-refractivity contribution < 1.29 is 15.0 Å². The van der Waals surface area contributed by atoms with E-state index in [1.807, 2.05) is 19.1 Å². The fraction of sp³-hybridized carbons (Fsp3) is 0.250. The van der Waals surface area contributed by atoms with Crippen LogP contribution in [0.15, 0.2) is 42.5 Å². The summed E-state index contributed by atoms with van der Waals surface area (Å²) in [6, 6.07) is 10.5. The van der Waals surface area contributed by atoms with Crippen molar-refractivity contribution in [3.8, 4) is 5.75 Å². The van der Waals surface area contributed by atoms with Crippen LogP contribution in [-0.4, -0.2) is 15.0 Å². The molecule has 0 saturated heterocycles. The molecule has 120 valence electrons. The minimum absolute atomic E-state index is 0.144. The van der Waals surface area contributed by atoms with Gasteiger partial charge in [0.25, 0.3) is 11.4 Å². The number of nitro groups is 2. The molecule has 0 amide bonds. The Hall–Kier alpha value is -2.96. The minimum Gasteiger partial charge on any atom is -0.508 e. The monoisotopic (exact) mass is 316 g/mol. The van der Waals surface area contributed by atoms with Crippen LogP contribution in [0.2, 0.25) is 0 Å². The van der Waals surface area contributed by atoms with Gasteiger partial charge >= 0.3 is 0 Å². The molecule has 0 heterocycles. The van der Waals surface area contributed by atoms with Crippen molar-refractivity contribution in [2.24, 2.45) is 0 Å². The van der Waals surface area contributed by atoms with Crippen LogP contribution >= 0.6 is 0 Å². The maximum atomic E-state index is 11.1. The number of hydrogen-bond acceptors (Lipinski definition) is 5. The van der Waals surface area contributed by atoms with Crippen molar-refractivity contribution in [2.45, 2.75) is 25.7 Å². The quantitative estimate of drug-likeness (QED) is 0.641. The first-order chi connectivity index (χ1) is 10.9. The second-order valence-corrected chi connectivity index (χ2v) is 5.36. The van der Waals surface area contributed by atoms with E-state index in [2.05, 4.69) is 0 Å². The Kier molecular flexibility index (Phi) is 4.90. The molecule has 23 heavy (non-hydrogen) atoms. The summed E-state index contributed by atoms with van der Waals surface area (Å²) < 4.78 is 0. The predicted octanol–water partition coefficient (Wildman–Crippen LogP) is 3.94. The molecule has 0 aliphatic rings. The molecule has 1 unspecified atom stereocenters. The molecule has 0 aromatic heterocycles. The molecule has 0 aliphatic carbocycles. The van der Waals surface area contributed by atoms with Crippen LogP contribution in [0.1, 0.15) is 30.4 Å². The Morgan fingerprint density at radius 1 is 1.04 bits per heavy atom. The topological polar surface area (TPSA) is 107 Å². The lowest BCUT2D eigenvalue weighted by Crippen LogP contribution is -2.01. The summed E-state index contributed by atoms with van der Waals surface area (Å²) in [5, 5.41) is 31.1. The smallest absolute Gasteiger partial charge is 0.279 e. The molecule has 0 saturated carbocycles. The Morgan fingerprint density at radius 2 is 1.70 bits per heavy atom. The van der Waals surface area contributed by atoms with Crippen molar-refractivity contribution in [3.05, 3.63) is 73.8 Å². The highest BCUT2D eigenvalue weighted by molar-refractivity contribution is 5.49. The lowest BCUT2D eigenvalue weighted by atomic mass is 9.93. The first-order valence-corrected chi connectivity index (χ1v) is 7.09. The van der Waals surface area contributed by atoms with Crippen molar-refractivity contribution in [3.63, 3.8) is 0 Å². The summed E-state index contributed by atoms with van der Waals surface area (Å²) in [7, 11) is 0. The van der Waals surface area contributed by atoms with E-state index in [-0.39, 0.29) is 23.0 Å². The van der Waals surface area contributed by atoms with Crippen molar-refractivity contribution in [2.75, 3.05) is 0 Å². The second kappa shape index (κ2) is 6.87. The molecule has 0 fully saturated rings. The zero-order valence-electron chi connectivity index (χ0n) is 12.5. The van der Waals surface area contributed by atoms with Crippen LogP contribution in [-0.2, 0) is 6.42 Å². The average Bonchev–Trinajstić information content (AvgIpc) is 2.52. The van der Waals surface area contributed by atoms with E-state index in [4.69, 9.17) is 0 Å². The molecule has 7 heteroatoms. The zero-order chi connectivity index (χ0) is 17.0. The first kappa shape index (κ1) is 16.4. The number of non-ortho nitro benzene ring substituents is 1. The number of nitro benzene ring substituents is 2. The average molecular weight is 316 g/mol. The van der Waals surface area contributed by atoms with Gasteiger partial charge in [-0.1, -0.05) is 19.1 Å². The maximum Gasteiger partial charge on any atom is 0.279 e. The fourth-order valence-electron chi connectivity index (χ4n) is 2.39. The van der Waals surface area contributed by atoms with E-state index in [0.717, 1.165) is 11.6 Å². The number of benzene rings is 2. The maximum absolute atomic E-state index is 11.1. The molecule has 2 rings (SSSR count). The number of phenols is 1. The van der Waals surface area contributed by atoms with Gasteiger partial charge in [-0.05, 0) is 42.5 Å². The second-order valence-electron chi connectivity index (χ2n) is 5.36. The SMILES string of the molecule is CC(CCc1ccc([N+](=O)[O-])cc1[N+](=O)[O-])c1ccc(O)cc1. The van der Waals surface area contributed by atoms with Gasteiger partial charge in [0.1, 0.15) is 5.75 Å². The van der Waals surface area contributed by atoms with Crippen LogP contribution in [0.3, 0.4) is 0 Å². The summed E-state index contributed by atoms with van der Waals surface area (Å²) in [5.74, 6) is 0.331. The van der Waals surface area contributed by atoms with E-state index in [1.54, 1.807) is 12.1 Å². The number of phenolic OH excluding ortho intramolecular Hbond substituents is 1. The highest BCUT2D eigenvalue weighted by Gasteiger charge is 2.19. The predicted molar refractivity (Wildman–Crippen MR) is 84.6 cm³/mol. The third kappa shape index (κ3) is 4.03. The standard InChI is InChI=1S/C16H16N2O5/c1-11(12-5-8-15(19)9-6-12)2-3-13-4-7-14(17(20)21)10-16(13)18(22)23/h4-11,19H,2-3H2,1H3. The van der Waals surface area contributed by atoms with Gasteiger partial charge in [-0.25, -0.2) is 0 Å². The lowest BCUT2D eigenvalue weighted by Gasteiger charge is -2.12. The molecule has 0 spiro atoms. The van der Waals surface area contributed by atoms with Crippen LogP contribution in [0.5, 0.6) is 5.75 Å². The molecule has 7 nitrogen and oxygen atoms in total. The summed E-state index contributed by atoms with van der Waals surface area (Å²) in [4.78, 5) is 20.6. The Morgan fingerprint density at radius 3 is 2.26 bits per heavy atom. The number of aromatic hydroxyl groups is 1. The minimum atomic E-state index is -0.643. The van der Waals surface area contributed by atoms with E-state index in [9.17, 15) is 25.3 Å². The normalized spacial score (nSPS) is 11.9. The summed E-state index contributed by atoms with van der Waals surface area (Å²) in [6.45, 7) is 1.99. The lowest BCUT2D eigenvalue weighted by molar-refractivity contribution is -0.394. The summed E-state index contributed by atoms with van der Waals surface area (Å²) >= 11 is 0. The first-order valence-electron chi connectivity index (χ1n) is 7.09. The molecule has 0 aliphatic heterocycles. The van der Waals surface area contributed by atoms with E-state index in [0.29, 0.717) is 18.4 Å². The third-order valence-electron chi connectivity index (χ3n) is 3.79. The van der Waals surface area contributed by atoms with E-state index in [1.165, 1.54) is 12.1 Å². The molecular weight excluding hydrogens is 300 g/mol. The van der Waals surface area contributed by atoms with Crippen LogP contribution in [0.25, 0.3) is 0 Å².